The summed E-state index contributed by atoms with van der Waals surface area (Å²) in [5, 5.41) is 4.34. The number of fused-ring (bicyclic) bond motifs is 1. The lowest BCUT2D eigenvalue weighted by molar-refractivity contribution is -0.141. The normalized spacial score (nSPS) is 12.5. The van der Waals surface area contributed by atoms with E-state index in [2.05, 4.69) is 5.32 Å². The lowest BCUT2D eigenvalue weighted by atomic mass is 10.1. The van der Waals surface area contributed by atoms with E-state index in [1.807, 2.05) is 62.4 Å². The molecule has 8 heteroatoms. The average Bonchev–Trinajstić information content (AvgIpc) is 2.83. The van der Waals surface area contributed by atoms with Crippen molar-refractivity contribution in [2.75, 3.05) is 20.6 Å². The van der Waals surface area contributed by atoms with Crippen LogP contribution in [0.15, 0.2) is 71.6 Å². The van der Waals surface area contributed by atoms with Crippen molar-refractivity contribution in [1.82, 2.24) is 14.5 Å². The molecule has 7 nitrogen and oxygen atoms in total. The Labute approximate surface area is 201 Å². The van der Waals surface area contributed by atoms with Gasteiger partial charge in [-0.3, -0.25) is 9.59 Å². The maximum Gasteiger partial charge on any atom is 0.243 e. The van der Waals surface area contributed by atoms with E-state index in [4.69, 9.17) is 0 Å². The van der Waals surface area contributed by atoms with Gasteiger partial charge >= 0.3 is 0 Å². The Balaban J connectivity index is 1.88. The van der Waals surface area contributed by atoms with Crippen LogP contribution >= 0.6 is 0 Å². The standard InChI is InChI=1S/C26H31N3O4S/c1-5-24(26(31)27-3)29(17-20-10-8-9-19(2)15-20)25(30)18-28(4)34(32,33)23-14-13-21-11-6-7-12-22(21)16-23/h6-16,24H,5,17-18H2,1-4H3,(H,27,31)/t24-/m0/s1. The molecule has 180 valence electrons. The van der Waals surface area contributed by atoms with Crippen molar-refractivity contribution in [1.29, 1.82) is 0 Å². The Hall–Kier alpha value is -3.23. The number of likely N-dealkylation sites (N-methyl/N-ethyl adjacent to an activating group) is 2. The number of benzene rings is 3. The quantitative estimate of drug-likeness (QED) is 0.508. The van der Waals surface area contributed by atoms with Gasteiger partial charge in [0.15, 0.2) is 0 Å². The maximum absolute atomic E-state index is 13.4. The molecule has 0 spiro atoms. The highest BCUT2D eigenvalue weighted by molar-refractivity contribution is 7.89. The predicted octanol–water partition coefficient (Wildman–Crippen LogP) is 3.32. The predicted molar refractivity (Wildman–Crippen MR) is 134 cm³/mol. The van der Waals surface area contributed by atoms with E-state index >= 15 is 0 Å². The number of nitrogens with zero attached hydrogens (tertiary/aromatic N) is 2. The number of carbonyl (C=O) groups excluding carboxylic acids is 2. The average molecular weight is 482 g/mol. The summed E-state index contributed by atoms with van der Waals surface area (Å²) in [6.45, 7) is 3.60. The Bertz CT molecular complexity index is 1290. The second-order valence-electron chi connectivity index (χ2n) is 8.32. The zero-order valence-corrected chi connectivity index (χ0v) is 20.8. The number of carbonyl (C=O) groups is 2. The van der Waals surface area contributed by atoms with Gasteiger partial charge in [0, 0.05) is 20.6 Å². The van der Waals surface area contributed by atoms with E-state index in [0.29, 0.717) is 6.42 Å². The summed E-state index contributed by atoms with van der Waals surface area (Å²) in [5.41, 5.74) is 1.91. The molecular formula is C26H31N3O4S. The third-order valence-electron chi connectivity index (χ3n) is 5.85. The van der Waals surface area contributed by atoms with E-state index in [1.165, 1.54) is 19.0 Å². The van der Waals surface area contributed by atoms with Gasteiger partial charge in [0.1, 0.15) is 6.04 Å². The van der Waals surface area contributed by atoms with Crippen molar-refractivity contribution in [3.63, 3.8) is 0 Å². The number of sulfonamides is 1. The molecule has 0 fully saturated rings. The first-order chi connectivity index (χ1) is 16.2. The first kappa shape index (κ1) is 25.4. The van der Waals surface area contributed by atoms with E-state index in [0.717, 1.165) is 26.2 Å². The van der Waals surface area contributed by atoms with Gasteiger partial charge in [-0.05, 0) is 41.8 Å². The molecule has 0 aliphatic heterocycles. The third kappa shape index (κ3) is 5.63. The van der Waals surface area contributed by atoms with Crippen LogP contribution in [0, 0.1) is 6.92 Å². The fourth-order valence-electron chi connectivity index (χ4n) is 3.97. The second-order valence-corrected chi connectivity index (χ2v) is 10.4. The number of nitrogens with one attached hydrogen (secondary N) is 1. The van der Waals surface area contributed by atoms with Crippen molar-refractivity contribution >= 4 is 32.6 Å². The molecule has 1 atom stereocenters. The molecule has 34 heavy (non-hydrogen) atoms. The van der Waals surface area contributed by atoms with Crippen LogP contribution < -0.4 is 5.32 Å². The van der Waals surface area contributed by atoms with Crippen molar-refractivity contribution in [3.05, 3.63) is 77.9 Å². The zero-order valence-electron chi connectivity index (χ0n) is 20.0. The Morgan fingerprint density at radius 1 is 0.971 bits per heavy atom. The smallest absolute Gasteiger partial charge is 0.243 e. The van der Waals surface area contributed by atoms with Crippen LogP contribution in [0.25, 0.3) is 10.8 Å². The first-order valence-corrected chi connectivity index (χ1v) is 12.6. The Morgan fingerprint density at radius 2 is 1.68 bits per heavy atom. The Morgan fingerprint density at radius 3 is 2.32 bits per heavy atom. The highest BCUT2D eigenvalue weighted by Crippen LogP contribution is 2.22. The molecule has 0 bridgehead atoms. The van der Waals surface area contributed by atoms with E-state index in [-0.39, 0.29) is 23.9 Å². The molecule has 3 aromatic rings. The van der Waals surface area contributed by atoms with Gasteiger partial charge in [0.05, 0.1) is 11.4 Å². The van der Waals surface area contributed by atoms with Gasteiger partial charge in [-0.1, -0.05) is 67.1 Å². The van der Waals surface area contributed by atoms with E-state index in [1.54, 1.807) is 18.2 Å². The minimum Gasteiger partial charge on any atom is -0.357 e. The fourth-order valence-corrected chi connectivity index (χ4v) is 5.12. The van der Waals surface area contributed by atoms with E-state index < -0.39 is 22.0 Å². The topological polar surface area (TPSA) is 86.8 Å². The molecule has 3 aromatic carbocycles. The number of hydrogen-bond donors (Lipinski definition) is 1. The lowest BCUT2D eigenvalue weighted by Crippen LogP contribution is -2.51. The molecule has 3 rings (SSSR count). The minimum atomic E-state index is -3.91. The molecule has 0 aliphatic rings. The molecule has 1 N–H and O–H groups in total. The summed E-state index contributed by atoms with van der Waals surface area (Å²) < 4.78 is 27.5. The summed E-state index contributed by atoms with van der Waals surface area (Å²) >= 11 is 0. The van der Waals surface area contributed by atoms with Crippen molar-refractivity contribution < 1.29 is 18.0 Å². The monoisotopic (exact) mass is 481 g/mol. The molecule has 0 aromatic heterocycles. The SMILES string of the molecule is CC[C@@H](C(=O)NC)N(Cc1cccc(C)c1)C(=O)CN(C)S(=O)(=O)c1ccc2ccccc2c1. The van der Waals surface area contributed by atoms with E-state index in [9.17, 15) is 18.0 Å². The largest absolute Gasteiger partial charge is 0.357 e. The molecule has 2 amide bonds. The highest BCUT2D eigenvalue weighted by atomic mass is 32.2. The van der Waals surface area contributed by atoms with Crippen molar-refractivity contribution in [2.24, 2.45) is 0 Å². The van der Waals surface area contributed by atoms with Gasteiger partial charge in [-0.25, -0.2) is 8.42 Å². The lowest BCUT2D eigenvalue weighted by Gasteiger charge is -2.31. The molecular weight excluding hydrogens is 450 g/mol. The minimum absolute atomic E-state index is 0.116. The Kier molecular flexibility index (Phi) is 8.06. The fraction of sp³-hybridized carbons (Fsp3) is 0.308. The van der Waals surface area contributed by atoms with Crippen LogP contribution in [0.4, 0.5) is 0 Å². The third-order valence-corrected chi connectivity index (χ3v) is 7.65. The molecule has 0 unspecified atom stereocenters. The molecule has 0 heterocycles. The molecule has 0 radical (unpaired) electrons. The maximum atomic E-state index is 13.4. The molecule has 0 aliphatic carbocycles. The van der Waals surface area contributed by atoms with Crippen molar-refractivity contribution in [3.8, 4) is 0 Å². The van der Waals surface area contributed by atoms with Crippen LogP contribution in [0.2, 0.25) is 0 Å². The zero-order chi connectivity index (χ0) is 24.9. The van der Waals surface area contributed by atoms with Crippen LogP contribution in [-0.2, 0) is 26.2 Å². The van der Waals surface area contributed by atoms with Crippen LogP contribution in [-0.4, -0.2) is 56.1 Å². The summed E-state index contributed by atoms with van der Waals surface area (Å²) in [4.78, 5) is 27.5. The van der Waals surface area contributed by atoms with Gasteiger partial charge in [0.25, 0.3) is 0 Å². The van der Waals surface area contributed by atoms with Crippen molar-refractivity contribution in [2.45, 2.75) is 37.8 Å². The number of aryl methyl sites for hydroxylation is 1. The summed E-state index contributed by atoms with van der Waals surface area (Å²) in [5.74, 6) is -0.729. The van der Waals surface area contributed by atoms with Crippen LogP contribution in [0.5, 0.6) is 0 Å². The van der Waals surface area contributed by atoms with Crippen LogP contribution in [0.3, 0.4) is 0 Å². The highest BCUT2D eigenvalue weighted by Gasteiger charge is 2.31. The number of hydrogen-bond acceptors (Lipinski definition) is 4. The van der Waals surface area contributed by atoms with Crippen LogP contribution in [0.1, 0.15) is 24.5 Å². The van der Waals surface area contributed by atoms with Gasteiger partial charge in [0.2, 0.25) is 21.8 Å². The van der Waals surface area contributed by atoms with Gasteiger partial charge in [-0.2, -0.15) is 4.31 Å². The first-order valence-electron chi connectivity index (χ1n) is 11.2. The number of amides is 2. The summed E-state index contributed by atoms with van der Waals surface area (Å²) in [6, 6.07) is 19.4. The number of rotatable bonds is 9. The van der Waals surface area contributed by atoms with Gasteiger partial charge in [-0.15, -0.1) is 0 Å². The summed E-state index contributed by atoms with van der Waals surface area (Å²) in [7, 11) is -1.00. The second kappa shape index (κ2) is 10.8. The molecule has 0 saturated heterocycles. The van der Waals surface area contributed by atoms with Gasteiger partial charge < -0.3 is 10.2 Å². The molecule has 0 saturated carbocycles. The summed E-state index contributed by atoms with van der Waals surface area (Å²) in [6.07, 6.45) is 0.401.